The van der Waals surface area contributed by atoms with Gasteiger partial charge in [0, 0.05) is 18.2 Å². The second-order valence-corrected chi connectivity index (χ2v) is 8.09. The van der Waals surface area contributed by atoms with Gasteiger partial charge in [-0.05, 0) is 61.9 Å². The monoisotopic (exact) mass is 422 g/mol. The van der Waals surface area contributed by atoms with Crippen molar-refractivity contribution in [2.75, 3.05) is 19.6 Å². The lowest BCUT2D eigenvalue weighted by Crippen LogP contribution is -2.40. The molecule has 0 bridgehead atoms. The van der Waals surface area contributed by atoms with Gasteiger partial charge in [-0.15, -0.1) is 0 Å². The van der Waals surface area contributed by atoms with Crippen molar-refractivity contribution in [3.05, 3.63) is 74.8 Å². The van der Waals surface area contributed by atoms with Gasteiger partial charge in [0.1, 0.15) is 0 Å². The van der Waals surface area contributed by atoms with Gasteiger partial charge in [-0.1, -0.05) is 37.3 Å². The molecule has 0 saturated carbocycles. The summed E-state index contributed by atoms with van der Waals surface area (Å²) in [6.07, 6.45) is 2.29. The van der Waals surface area contributed by atoms with Gasteiger partial charge in [0.2, 0.25) is 0 Å². The summed E-state index contributed by atoms with van der Waals surface area (Å²) in [7, 11) is 0. The molecule has 4 rings (SSSR count). The van der Waals surface area contributed by atoms with Crippen LogP contribution in [0, 0.1) is 4.77 Å². The molecule has 30 heavy (non-hydrogen) atoms. The molecule has 1 aromatic heterocycles. The van der Waals surface area contributed by atoms with Crippen LogP contribution in [0.4, 0.5) is 0 Å². The first-order chi connectivity index (χ1) is 14.6. The van der Waals surface area contributed by atoms with Gasteiger partial charge >= 0.3 is 0 Å². The molecule has 7 heteroatoms. The van der Waals surface area contributed by atoms with Crippen molar-refractivity contribution in [1.82, 2.24) is 19.8 Å². The van der Waals surface area contributed by atoms with E-state index in [0.717, 1.165) is 25.1 Å². The van der Waals surface area contributed by atoms with Gasteiger partial charge in [-0.2, -0.15) is 0 Å². The number of rotatable bonds is 6. The van der Waals surface area contributed by atoms with Crippen LogP contribution in [0.25, 0.3) is 10.9 Å². The number of nitrogens with one attached hydrogen (secondary N) is 2. The van der Waals surface area contributed by atoms with Gasteiger partial charge in [-0.3, -0.25) is 19.1 Å². The normalized spacial score (nSPS) is 16.8. The van der Waals surface area contributed by atoms with Crippen molar-refractivity contribution in [3.63, 3.8) is 0 Å². The average Bonchev–Trinajstić information content (AvgIpc) is 3.23. The SMILES string of the molecule is CCN1CCCC1CNC(=O)c1ccc2c(=O)n(Cc3ccccc3)c(=S)[nH]c2c1. The highest BCUT2D eigenvalue weighted by atomic mass is 32.1. The summed E-state index contributed by atoms with van der Waals surface area (Å²) in [6.45, 7) is 5.29. The van der Waals surface area contributed by atoms with E-state index in [-0.39, 0.29) is 11.5 Å². The molecule has 0 radical (unpaired) electrons. The zero-order chi connectivity index (χ0) is 21.1. The summed E-state index contributed by atoms with van der Waals surface area (Å²) in [5, 5.41) is 3.56. The second kappa shape index (κ2) is 8.93. The molecule has 156 valence electrons. The van der Waals surface area contributed by atoms with Crippen LogP contribution in [0.2, 0.25) is 0 Å². The van der Waals surface area contributed by atoms with E-state index in [0.29, 0.717) is 40.4 Å². The number of aromatic nitrogens is 2. The van der Waals surface area contributed by atoms with Crippen LogP contribution in [0.5, 0.6) is 0 Å². The fourth-order valence-electron chi connectivity index (χ4n) is 4.16. The predicted octanol–water partition coefficient (Wildman–Crippen LogP) is 3.32. The van der Waals surface area contributed by atoms with Gasteiger partial charge in [0.25, 0.3) is 11.5 Å². The number of likely N-dealkylation sites (N-methyl/N-ethyl adjacent to an activating group) is 1. The number of carbonyl (C=O) groups is 1. The number of amides is 1. The maximum Gasteiger partial charge on any atom is 0.262 e. The Morgan fingerprint density at radius 1 is 1.23 bits per heavy atom. The lowest BCUT2D eigenvalue weighted by Gasteiger charge is -2.22. The smallest absolute Gasteiger partial charge is 0.262 e. The van der Waals surface area contributed by atoms with Crippen molar-refractivity contribution in [3.8, 4) is 0 Å². The number of benzene rings is 2. The third-order valence-electron chi connectivity index (χ3n) is 5.83. The van der Waals surface area contributed by atoms with Crippen LogP contribution in [0.3, 0.4) is 0 Å². The minimum atomic E-state index is -0.158. The summed E-state index contributed by atoms with van der Waals surface area (Å²) < 4.78 is 1.89. The minimum absolute atomic E-state index is 0.132. The van der Waals surface area contributed by atoms with E-state index in [1.54, 1.807) is 22.8 Å². The molecule has 1 unspecified atom stereocenters. The quantitative estimate of drug-likeness (QED) is 0.598. The fraction of sp³-hybridized carbons (Fsp3) is 0.348. The number of likely N-dealkylation sites (tertiary alicyclic amines) is 1. The molecule has 1 atom stereocenters. The zero-order valence-electron chi connectivity index (χ0n) is 17.1. The second-order valence-electron chi connectivity index (χ2n) is 7.70. The van der Waals surface area contributed by atoms with E-state index in [4.69, 9.17) is 12.2 Å². The average molecular weight is 423 g/mol. The van der Waals surface area contributed by atoms with E-state index in [1.807, 2.05) is 30.3 Å². The zero-order valence-corrected chi connectivity index (χ0v) is 17.9. The van der Waals surface area contributed by atoms with Crippen molar-refractivity contribution in [1.29, 1.82) is 0 Å². The molecule has 2 N–H and O–H groups in total. The highest BCUT2D eigenvalue weighted by molar-refractivity contribution is 7.71. The van der Waals surface area contributed by atoms with Crippen LogP contribution in [0.1, 0.15) is 35.7 Å². The van der Waals surface area contributed by atoms with Gasteiger partial charge < -0.3 is 10.3 Å². The first-order valence-electron chi connectivity index (χ1n) is 10.4. The van der Waals surface area contributed by atoms with E-state index in [9.17, 15) is 9.59 Å². The van der Waals surface area contributed by atoms with Crippen molar-refractivity contribution < 1.29 is 4.79 Å². The highest BCUT2D eigenvalue weighted by Crippen LogP contribution is 2.16. The van der Waals surface area contributed by atoms with E-state index in [2.05, 4.69) is 22.1 Å². The molecule has 1 fully saturated rings. The number of H-pyrrole nitrogens is 1. The number of hydrogen-bond acceptors (Lipinski definition) is 4. The predicted molar refractivity (Wildman–Crippen MR) is 122 cm³/mol. The first kappa shape index (κ1) is 20.5. The maximum atomic E-state index is 13.0. The summed E-state index contributed by atoms with van der Waals surface area (Å²) >= 11 is 5.43. The van der Waals surface area contributed by atoms with Crippen LogP contribution in [-0.4, -0.2) is 46.0 Å². The fourth-order valence-corrected chi connectivity index (χ4v) is 4.42. The Bertz CT molecular complexity index is 1170. The molecule has 1 aliphatic heterocycles. The molecule has 0 aliphatic carbocycles. The van der Waals surface area contributed by atoms with E-state index < -0.39 is 0 Å². The number of carbonyl (C=O) groups excluding carboxylic acids is 1. The molecule has 2 heterocycles. The Hall–Kier alpha value is -2.77. The third kappa shape index (κ3) is 4.22. The van der Waals surface area contributed by atoms with Gasteiger partial charge in [-0.25, -0.2) is 0 Å². The Balaban J connectivity index is 1.55. The molecule has 3 aromatic rings. The molecule has 0 spiro atoms. The summed E-state index contributed by atoms with van der Waals surface area (Å²) in [6, 6.07) is 15.2. The number of fused-ring (bicyclic) bond motifs is 1. The lowest BCUT2D eigenvalue weighted by molar-refractivity contribution is 0.0941. The largest absolute Gasteiger partial charge is 0.350 e. The number of hydrogen-bond donors (Lipinski definition) is 2. The summed E-state index contributed by atoms with van der Waals surface area (Å²) in [5.41, 5.74) is 1.95. The Labute approximate surface area is 180 Å². The van der Waals surface area contributed by atoms with E-state index in [1.165, 1.54) is 6.42 Å². The van der Waals surface area contributed by atoms with Crippen LogP contribution in [-0.2, 0) is 6.54 Å². The molecular weight excluding hydrogens is 396 g/mol. The number of aromatic amines is 1. The third-order valence-corrected chi connectivity index (χ3v) is 6.15. The molecule has 1 saturated heterocycles. The molecule has 6 nitrogen and oxygen atoms in total. The van der Waals surface area contributed by atoms with Gasteiger partial charge in [0.15, 0.2) is 4.77 Å². The minimum Gasteiger partial charge on any atom is -0.350 e. The highest BCUT2D eigenvalue weighted by Gasteiger charge is 2.23. The first-order valence-corrected chi connectivity index (χ1v) is 10.8. The lowest BCUT2D eigenvalue weighted by atomic mass is 10.1. The van der Waals surface area contributed by atoms with Crippen molar-refractivity contribution in [2.24, 2.45) is 0 Å². The summed E-state index contributed by atoms with van der Waals surface area (Å²) in [5.74, 6) is -0.132. The van der Waals surface area contributed by atoms with Gasteiger partial charge in [0.05, 0.1) is 17.4 Å². The standard InChI is InChI=1S/C23H26N4O2S/c1-2-26-12-6-9-18(26)14-24-21(28)17-10-11-19-20(13-17)25-23(30)27(22(19)29)15-16-7-4-3-5-8-16/h3-5,7-8,10-11,13,18H,2,6,9,12,14-15H2,1H3,(H,24,28)(H,25,30). The van der Waals surface area contributed by atoms with Crippen LogP contribution in [0.15, 0.2) is 53.3 Å². The molecule has 2 aromatic carbocycles. The topological polar surface area (TPSA) is 70.1 Å². The van der Waals surface area contributed by atoms with Crippen molar-refractivity contribution >= 4 is 29.0 Å². The van der Waals surface area contributed by atoms with Crippen LogP contribution >= 0.6 is 12.2 Å². The Morgan fingerprint density at radius 2 is 2.03 bits per heavy atom. The molecular formula is C23H26N4O2S. The van der Waals surface area contributed by atoms with E-state index >= 15 is 0 Å². The molecule has 1 amide bonds. The summed E-state index contributed by atoms with van der Waals surface area (Å²) in [4.78, 5) is 31.2. The Kier molecular flexibility index (Phi) is 6.11. The van der Waals surface area contributed by atoms with Crippen LogP contribution < -0.4 is 10.9 Å². The maximum absolute atomic E-state index is 13.0. The number of nitrogens with zero attached hydrogens (tertiary/aromatic N) is 2. The molecule has 1 aliphatic rings. The van der Waals surface area contributed by atoms with Crippen molar-refractivity contribution in [2.45, 2.75) is 32.4 Å². The Morgan fingerprint density at radius 3 is 2.80 bits per heavy atom.